The van der Waals surface area contributed by atoms with Gasteiger partial charge in [0.05, 0.1) is 5.52 Å². The van der Waals surface area contributed by atoms with Crippen LogP contribution in [-0.2, 0) is 5.75 Å². The number of benzene rings is 1. The Labute approximate surface area is 107 Å². The van der Waals surface area contributed by atoms with Gasteiger partial charge in [-0.3, -0.25) is 4.98 Å². The van der Waals surface area contributed by atoms with E-state index in [0.717, 1.165) is 35.7 Å². The molecule has 0 aliphatic rings. The van der Waals surface area contributed by atoms with Crippen LogP contribution in [-0.4, -0.2) is 17.3 Å². The lowest BCUT2D eigenvalue weighted by atomic mass is 10.1. The number of nitrogens with two attached hydrogens (primary N) is 1. The third-order valence-electron chi connectivity index (χ3n) is 2.68. The van der Waals surface area contributed by atoms with Crippen LogP contribution in [0.25, 0.3) is 10.9 Å². The van der Waals surface area contributed by atoms with Gasteiger partial charge in [0.2, 0.25) is 0 Å². The SMILES string of the molecule is Cc1cc(CSCCCN)c2ccccc2n1. The Morgan fingerprint density at radius 1 is 1.29 bits per heavy atom. The lowest BCUT2D eigenvalue weighted by Crippen LogP contribution is -1.99. The van der Waals surface area contributed by atoms with E-state index in [1.54, 1.807) is 0 Å². The third kappa shape index (κ3) is 3.20. The molecule has 0 saturated heterocycles. The van der Waals surface area contributed by atoms with Crippen molar-refractivity contribution in [1.82, 2.24) is 4.98 Å². The van der Waals surface area contributed by atoms with E-state index in [0.29, 0.717) is 0 Å². The van der Waals surface area contributed by atoms with Crippen LogP contribution in [0, 0.1) is 6.92 Å². The van der Waals surface area contributed by atoms with E-state index >= 15 is 0 Å². The largest absolute Gasteiger partial charge is 0.330 e. The standard InChI is InChI=1S/C14H18N2S/c1-11-9-12(10-17-8-4-7-15)13-5-2-3-6-14(13)16-11/h2-3,5-6,9H,4,7-8,10,15H2,1H3. The first-order valence-corrected chi connectivity index (χ1v) is 7.10. The maximum absolute atomic E-state index is 5.50. The number of pyridine rings is 1. The molecule has 2 rings (SSSR count). The van der Waals surface area contributed by atoms with Gasteiger partial charge in [-0.2, -0.15) is 11.8 Å². The highest BCUT2D eigenvalue weighted by Crippen LogP contribution is 2.22. The zero-order valence-electron chi connectivity index (χ0n) is 10.1. The zero-order valence-corrected chi connectivity index (χ0v) is 11.0. The molecule has 1 aromatic carbocycles. The first kappa shape index (κ1) is 12.4. The summed E-state index contributed by atoms with van der Waals surface area (Å²) in [5.74, 6) is 2.18. The summed E-state index contributed by atoms with van der Waals surface area (Å²) in [5.41, 5.74) is 9.08. The molecular formula is C14H18N2S. The van der Waals surface area contributed by atoms with Crippen LogP contribution < -0.4 is 5.73 Å². The van der Waals surface area contributed by atoms with Gasteiger partial charge < -0.3 is 5.73 Å². The Morgan fingerprint density at radius 2 is 2.12 bits per heavy atom. The topological polar surface area (TPSA) is 38.9 Å². The molecule has 0 amide bonds. The fraction of sp³-hybridized carbons (Fsp3) is 0.357. The maximum atomic E-state index is 5.50. The summed E-state index contributed by atoms with van der Waals surface area (Å²) in [6.45, 7) is 2.84. The Hall–Kier alpha value is -1.06. The van der Waals surface area contributed by atoms with Crippen LogP contribution in [0.4, 0.5) is 0 Å². The van der Waals surface area contributed by atoms with Crippen molar-refractivity contribution in [2.45, 2.75) is 19.1 Å². The Bertz CT molecular complexity index is 497. The average molecular weight is 246 g/mol. The van der Waals surface area contributed by atoms with Gasteiger partial charge in [0.25, 0.3) is 0 Å². The molecule has 17 heavy (non-hydrogen) atoms. The molecule has 0 fully saturated rings. The highest BCUT2D eigenvalue weighted by atomic mass is 32.2. The number of thioether (sulfide) groups is 1. The molecular weight excluding hydrogens is 228 g/mol. The molecule has 2 N–H and O–H groups in total. The third-order valence-corrected chi connectivity index (χ3v) is 3.77. The van der Waals surface area contributed by atoms with E-state index in [2.05, 4.69) is 36.2 Å². The van der Waals surface area contributed by atoms with Crippen LogP contribution in [0.5, 0.6) is 0 Å². The maximum Gasteiger partial charge on any atom is 0.0708 e. The normalized spacial score (nSPS) is 10.9. The summed E-state index contributed by atoms with van der Waals surface area (Å²) in [6, 6.07) is 10.5. The smallest absolute Gasteiger partial charge is 0.0708 e. The fourth-order valence-corrected chi connectivity index (χ4v) is 2.86. The molecule has 2 nitrogen and oxygen atoms in total. The minimum atomic E-state index is 0.781. The van der Waals surface area contributed by atoms with Crippen molar-refractivity contribution in [3.63, 3.8) is 0 Å². The van der Waals surface area contributed by atoms with E-state index in [-0.39, 0.29) is 0 Å². The molecule has 0 radical (unpaired) electrons. The van der Waals surface area contributed by atoms with Crippen molar-refractivity contribution in [2.75, 3.05) is 12.3 Å². The summed E-state index contributed by atoms with van der Waals surface area (Å²) in [4.78, 5) is 4.55. The highest BCUT2D eigenvalue weighted by Gasteiger charge is 2.03. The van der Waals surface area contributed by atoms with Crippen molar-refractivity contribution in [3.05, 3.63) is 41.6 Å². The number of hydrogen-bond acceptors (Lipinski definition) is 3. The monoisotopic (exact) mass is 246 g/mol. The second-order valence-electron chi connectivity index (χ2n) is 4.13. The van der Waals surface area contributed by atoms with E-state index in [1.165, 1.54) is 10.9 Å². The quantitative estimate of drug-likeness (QED) is 0.824. The minimum Gasteiger partial charge on any atom is -0.330 e. The average Bonchev–Trinajstić information content (AvgIpc) is 2.34. The van der Waals surface area contributed by atoms with Crippen molar-refractivity contribution in [1.29, 1.82) is 0 Å². The molecule has 0 spiro atoms. The van der Waals surface area contributed by atoms with Gasteiger partial charge in [0.15, 0.2) is 0 Å². The highest BCUT2D eigenvalue weighted by molar-refractivity contribution is 7.98. The Morgan fingerprint density at radius 3 is 2.94 bits per heavy atom. The summed E-state index contributed by atoms with van der Waals surface area (Å²) in [5, 5.41) is 1.28. The zero-order chi connectivity index (χ0) is 12.1. The molecule has 0 unspecified atom stereocenters. The number of rotatable bonds is 5. The van der Waals surface area contributed by atoms with Crippen molar-refractivity contribution in [3.8, 4) is 0 Å². The van der Waals surface area contributed by atoms with Gasteiger partial charge in [-0.25, -0.2) is 0 Å². The molecule has 2 aromatic rings. The predicted molar refractivity (Wildman–Crippen MR) is 76.3 cm³/mol. The van der Waals surface area contributed by atoms with Crippen molar-refractivity contribution >= 4 is 22.7 Å². The van der Waals surface area contributed by atoms with Gasteiger partial charge in [0, 0.05) is 16.8 Å². The first-order chi connectivity index (χ1) is 8.31. The molecule has 0 bridgehead atoms. The summed E-state index contributed by atoms with van der Waals surface area (Å²) in [7, 11) is 0. The Balaban J connectivity index is 2.20. The van der Waals surface area contributed by atoms with Crippen molar-refractivity contribution < 1.29 is 0 Å². The lowest BCUT2D eigenvalue weighted by molar-refractivity contribution is 0.943. The lowest BCUT2D eigenvalue weighted by Gasteiger charge is -2.07. The van der Waals surface area contributed by atoms with Crippen LogP contribution in [0.3, 0.4) is 0 Å². The molecule has 0 aliphatic carbocycles. The second-order valence-corrected chi connectivity index (χ2v) is 5.24. The van der Waals surface area contributed by atoms with Crippen LogP contribution >= 0.6 is 11.8 Å². The molecule has 0 saturated carbocycles. The van der Waals surface area contributed by atoms with E-state index < -0.39 is 0 Å². The van der Waals surface area contributed by atoms with Gasteiger partial charge in [0.1, 0.15) is 0 Å². The predicted octanol–water partition coefficient (Wildman–Crippen LogP) is 3.13. The summed E-state index contributed by atoms with van der Waals surface area (Å²) < 4.78 is 0. The molecule has 3 heteroatoms. The van der Waals surface area contributed by atoms with E-state index in [1.807, 2.05) is 17.8 Å². The van der Waals surface area contributed by atoms with Gasteiger partial charge in [-0.1, -0.05) is 18.2 Å². The van der Waals surface area contributed by atoms with Gasteiger partial charge in [-0.05, 0) is 43.3 Å². The molecule has 90 valence electrons. The molecule has 1 heterocycles. The minimum absolute atomic E-state index is 0.781. The number of aryl methyl sites for hydroxylation is 1. The van der Waals surface area contributed by atoms with Crippen LogP contribution in [0.1, 0.15) is 17.7 Å². The number of aromatic nitrogens is 1. The summed E-state index contributed by atoms with van der Waals surface area (Å²) in [6.07, 6.45) is 1.09. The van der Waals surface area contributed by atoms with E-state index in [9.17, 15) is 0 Å². The fourth-order valence-electron chi connectivity index (χ4n) is 1.88. The number of para-hydroxylation sites is 1. The van der Waals surface area contributed by atoms with Crippen LogP contribution in [0.15, 0.2) is 30.3 Å². The molecule has 1 aromatic heterocycles. The number of nitrogens with zero attached hydrogens (tertiary/aromatic N) is 1. The summed E-state index contributed by atoms with van der Waals surface area (Å²) >= 11 is 1.95. The van der Waals surface area contributed by atoms with Crippen molar-refractivity contribution in [2.24, 2.45) is 5.73 Å². The second kappa shape index (κ2) is 6.03. The van der Waals surface area contributed by atoms with Gasteiger partial charge in [-0.15, -0.1) is 0 Å². The van der Waals surface area contributed by atoms with Crippen LogP contribution in [0.2, 0.25) is 0 Å². The number of hydrogen-bond donors (Lipinski definition) is 1. The Kier molecular flexibility index (Phi) is 4.40. The molecule has 0 aliphatic heterocycles. The van der Waals surface area contributed by atoms with E-state index in [4.69, 9.17) is 5.73 Å². The first-order valence-electron chi connectivity index (χ1n) is 5.94. The number of fused-ring (bicyclic) bond motifs is 1. The van der Waals surface area contributed by atoms with Gasteiger partial charge >= 0.3 is 0 Å². The molecule has 0 atom stereocenters.